The molecule has 0 atom stereocenters. The van der Waals surface area contributed by atoms with E-state index >= 15 is 0 Å². The number of anilines is 1. The Morgan fingerprint density at radius 2 is 2.17 bits per heavy atom. The van der Waals surface area contributed by atoms with Crippen LogP contribution in [0.5, 0.6) is 0 Å². The molecule has 0 unspecified atom stereocenters. The molecular formula is C14H21N3S. The summed E-state index contributed by atoms with van der Waals surface area (Å²) >= 11 is 1.76. The molecule has 0 aromatic carbocycles. The summed E-state index contributed by atoms with van der Waals surface area (Å²) in [6.07, 6.45) is 1.90. The first-order chi connectivity index (χ1) is 8.57. The van der Waals surface area contributed by atoms with Gasteiger partial charge in [-0.1, -0.05) is 13.8 Å². The highest BCUT2D eigenvalue weighted by molar-refractivity contribution is 7.17. The van der Waals surface area contributed by atoms with Crippen LogP contribution in [-0.2, 0) is 0 Å². The Bertz CT molecular complexity index is 518. The molecule has 3 nitrogen and oxygen atoms in total. The zero-order chi connectivity index (χ0) is 13.2. The normalized spacial score (nSPS) is 12.0. The van der Waals surface area contributed by atoms with Gasteiger partial charge in [-0.3, -0.25) is 0 Å². The van der Waals surface area contributed by atoms with Crippen molar-refractivity contribution >= 4 is 27.2 Å². The number of nitrogens with two attached hydrogens (primary N) is 1. The van der Waals surface area contributed by atoms with Crippen molar-refractivity contribution in [1.29, 1.82) is 0 Å². The molecule has 0 radical (unpaired) electrons. The molecule has 0 fully saturated rings. The first kappa shape index (κ1) is 13.3. The van der Waals surface area contributed by atoms with Crippen LogP contribution >= 0.6 is 11.3 Å². The summed E-state index contributed by atoms with van der Waals surface area (Å²) in [6, 6.07) is 4.23. The highest BCUT2D eigenvalue weighted by atomic mass is 32.1. The quantitative estimate of drug-likeness (QED) is 0.901. The topological polar surface area (TPSA) is 42.1 Å². The van der Waals surface area contributed by atoms with Gasteiger partial charge in [0, 0.05) is 29.4 Å². The zero-order valence-electron chi connectivity index (χ0n) is 11.3. The minimum atomic E-state index is 0.107. The van der Waals surface area contributed by atoms with Crippen LogP contribution in [0.15, 0.2) is 23.7 Å². The number of nitrogens with zero attached hydrogens (tertiary/aromatic N) is 2. The smallest absolute Gasteiger partial charge is 0.137 e. The molecule has 0 aliphatic carbocycles. The maximum atomic E-state index is 5.83. The van der Waals surface area contributed by atoms with E-state index < -0.39 is 0 Å². The minimum Gasteiger partial charge on any atom is -0.356 e. The number of thiophene rings is 1. The van der Waals surface area contributed by atoms with Gasteiger partial charge in [0.05, 0.1) is 0 Å². The summed E-state index contributed by atoms with van der Waals surface area (Å²) in [5, 5.41) is 3.37. The average molecular weight is 263 g/mol. The van der Waals surface area contributed by atoms with Gasteiger partial charge in [0.15, 0.2) is 0 Å². The van der Waals surface area contributed by atoms with Crippen molar-refractivity contribution in [2.24, 2.45) is 11.1 Å². The fourth-order valence-corrected chi connectivity index (χ4v) is 2.83. The predicted molar refractivity (Wildman–Crippen MR) is 80.3 cm³/mol. The SMILES string of the molecule is CCN(CC(C)(C)CN)c1nccc2sccc12. The van der Waals surface area contributed by atoms with Crippen LogP contribution in [0.25, 0.3) is 10.1 Å². The van der Waals surface area contributed by atoms with Crippen LogP contribution in [-0.4, -0.2) is 24.6 Å². The monoisotopic (exact) mass is 263 g/mol. The molecule has 18 heavy (non-hydrogen) atoms. The zero-order valence-corrected chi connectivity index (χ0v) is 12.1. The third kappa shape index (κ3) is 2.65. The molecule has 2 aromatic rings. The van der Waals surface area contributed by atoms with E-state index in [0.717, 1.165) is 18.9 Å². The van der Waals surface area contributed by atoms with Gasteiger partial charge in [-0.25, -0.2) is 4.98 Å². The highest BCUT2D eigenvalue weighted by Crippen LogP contribution is 2.30. The molecule has 4 heteroatoms. The van der Waals surface area contributed by atoms with Crippen molar-refractivity contribution in [2.45, 2.75) is 20.8 Å². The van der Waals surface area contributed by atoms with Crippen LogP contribution in [0, 0.1) is 5.41 Å². The molecule has 0 amide bonds. The van der Waals surface area contributed by atoms with Crippen molar-refractivity contribution < 1.29 is 0 Å². The van der Waals surface area contributed by atoms with Crippen LogP contribution in [0.2, 0.25) is 0 Å². The van der Waals surface area contributed by atoms with Crippen LogP contribution in [0.1, 0.15) is 20.8 Å². The maximum Gasteiger partial charge on any atom is 0.137 e. The van der Waals surface area contributed by atoms with E-state index in [1.807, 2.05) is 6.20 Å². The van der Waals surface area contributed by atoms with Crippen molar-refractivity contribution in [2.75, 3.05) is 24.5 Å². The fourth-order valence-electron chi connectivity index (χ4n) is 2.05. The van der Waals surface area contributed by atoms with Gasteiger partial charge >= 0.3 is 0 Å². The van der Waals surface area contributed by atoms with Gasteiger partial charge in [0.1, 0.15) is 5.82 Å². The lowest BCUT2D eigenvalue weighted by atomic mass is 9.93. The van der Waals surface area contributed by atoms with Gasteiger partial charge in [-0.05, 0) is 36.4 Å². The van der Waals surface area contributed by atoms with Gasteiger partial charge in [-0.2, -0.15) is 0 Å². The largest absolute Gasteiger partial charge is 0.356 e. The summed E-state index contributed by atoms with van der Waals surface area (Å²) < 4.78 is 1.30. The first-order valence-corrected chi connectivity index (χ1v) is 7.22. The molecule has 2 heterocycles. The summed E-state index contributed by atoms with van der Waals surface area (Å²) in [6.45, 7) is 9.13. The van der Waals surface area contributed by atoms with E-state index in [1.54, 1.807) is 11.3 Å². The number of hydrogen-bond donors (Lipinski definition) is 1. The Kier molecular flexibility index (Phi) is 3.88. The fraction of sp³-hybridized carbons (Fsp3) is 0.500. The van der Waals surface area contributed by atoms with Crippen molar-refractivity contribution in [3.05, 3.63) is 23.7 Å². The number of hydrogen-bond acceptors (Lipinski definition) is 4. The second-order valence-corrected chi connectivity index (χ2v) is 6.30. The van der Waals surface area contributed by atoms with E-state index in [9.17, 15) is 0 Å². The van der Waals surface area contributed by atoms with Gasteiger partial charge in [0.2, 0.25) is 0 Å². The Hall–Kier alpha value is -1.13. The summed E-state index contributed by atoms with van der Waals surface area (Å²) in [5.74, 6) is 1.08. The van der Waals surface area contributed by atoms with Gasteiger partial charge < -0.3 is 10.6 Å². The maximum absolute atomic E-state index is 5.83. The number of pyridine rings is 1. The van der Waals surface area contributed by atoms with E-state index in [-0.39, 0.29) is 5.41 Å². The molecule has 0 aliphatic heterocycles. The lowest BCUT2D eigenvalue weighted by molar-refractivity contribution is 0.379. The van der Waals surface area contributed by atoms with E-state index in [2.05, 4.69) is 48.2 Å². The Balaban J connectivity index is 2.35. The molecule has 98 valence electrons. The summed E-state index contributed by atoms with van der Waals surface area (Å²) in [7, 11) is 0. The van der Waals surface area contributed by atoms with Crippen LogP contribution in [0.4, 0.5) is 5.82 Å². The summed E-state index contributed by atoms with van der Waals surface area (Å²) in [5.41, 5.74) is 5.94. The number of fused-ring (bicyclic) bond motifs is 1. The lowest BCUT2D eigenvalue weighted by Gasteiger charge is -2.32. The second-order valence-electron chi connectivity index (χ2n) is 5.35. The third-order valence-electron chi connectivity index (χ3n) is 3.21. The van der Waals surface area contributed by atoms with E-state index in [0.29, 0.717) is 6.54 Å². The predicted octanol–water partition coefficient (Wildman–Crippen LogP) is 3.11. The van der Waals surface area contributed by atoms with Crippen molar-refractivity contribution in [1.82, 2.24) is 4.98 Å². The first-order valence-electron chi connectivity index (χ1n) is 6.34. The summed E-state index contributed by atoms with van der Waals surface area (Å²) in [4.78, 5) is 6.88. The molecule has 0 saturated heterocycles. The van der Waals surface area contributed by atoms with Crippen molar-refractivity contribution in [3.63, 3.8) is 0 Å². The standard InChI is InChI=1S/C14H21N3S/c1-4-17(10-14(2,3)9-15)13-11-6-8-18-12(11)5-7-16-13/h5-8H,4,9-10,15H2,1-3H3. The van der Waals surface area contributed by atoms with Gasteiger partial charge in [-0.15, -0.1) is 11.3 Å². The molecule has 0 bridgehead atoms. The van der Waals surface area contributed by atoms with Gasteiger partial charge in [0.25, 0.3) is 0 Å². The second kappa shape index (κ2) is 5.24. The molecule has 2 aromatic heterocycles. The average Bonchev–Trinajstić information content (AvgIpc) is 2.84. The molecule has 0 spiro atoms. The number of aromatic nitrogens is 1. The Morgan fingerprint density at radius 1 is 1.39 bits per heavy atom. The Morgan fingerprint density at radius 3 is 2.83 bits per heavy atom. The van der Waals surface area contributed by atoms with Crippen LogP contribution < -0.4 is 10.6 Å². The van der Waals surface area contributed by atoms with E-state index in [4.69, 9.17) is 5.73 Å². The molecule has 0 aliphatic rings. The Labute approximate surface area is 113 Å². The molecule has 2 N–H and O–H groups in total. The molecule has 2 rings (SSSR count). The third-order valence-corrected chi connectivity index (χ3v) is 4.09. The molecular weight excluding hydrogens is 242 g/mol. The van der Waals surface area contributed by atoms with Crippen LogP contribution in [0.3, 0.4) is 0 Å². The highest BCUT2D eigenvalue weighted by Gasteiger charge is 2.21. The minimum absolute atomic E-state index is 0.107. The number of rotatable bonds is 5. The molecule has 0 saturated carbocycles. The van der Waals surface area contributed by atoms with Crippen molar-refractivity contribution in [3.8, 4) is 0 Å². The lowest BCUT2D eigenvalue weighted by Crippen LogP contribution is -2.39. The van der Waals surface area contributed by atoms with E-state index in [1.165, 1.54) is 10.1 Å².